The van der Waals surface area contributed by atoms with Gasteiger partial charge in [0.2, 0.25) is 0 Å². The first-order valence-corrected chi connectivity index (χ1v) is 10.6. The predicted octanol–water partition coefficient (Wildman–Crippen LogP) is 5.19. The van der Waals surface area contributed by atoms with Gasteiger partial charge in [0.25, 0.3) is 0 Å². The molecule has 0 aliphatic carbocycles. The second-order valence-electron chi connectivity index (χ2n) is 7.82. The molecule has 0 amide bonds. The van der Waals surface area contributed by atoms with E-state index in [1.165, 1.54) is 5.69 Å². The molecule has 0 spiro atoms. The van der Waals surface area contributed by atoms with Crippen molar-refractivity contribution < 1.29 is 13.9 Å². The van der Waals surface area contributed by atoms with E-state index in [1.807, 2.05) is 32.3 Å². The fourth-order valence-corrected chi connectivity index (χ4v) is 3.57. The Morgan fingerprint density at radius 2 is 1.77 bits per heavy atom. The Bertz CT molecular complexity index is 976. The third kappa shape index (κ3) is 6.50. The molecule has 2 aromatic carbocycles. The highest BCUT2D eigenvalue weighted by molar-refractivity contribution is 5.85. The lowest BCUT2D eigenvalue weighted by atomic mass is 10.1. The fourth-order valence-electron chi connectivity index (χ4n) is 3.57. The predicted molar refractivity (Wildman–Crippen MR) is 131 cm³/mol. The molecule has 6 heteroatoms. The number of halogens is 1. The Balaban J connectivity index is 0.00000272. The van der Waals surface area contributed by atoms with Gasteiger partial charge in [-0.1, -0.05) is 18.2 Å². The number of hydrogen-bond donors (Lipinski definition) is 0. The molecule has 166 valence electrons. The van der Waals surface area contributed by atoms with Gasteiger partial charge in [0.1, 0.15) is 17.1 Å². The molecule has 1 aliphatic rings. The topological polar surface area (TPSA) is 38.1 Å². The summed E-state index contributed by atoms with van der Waals surface area (Å²) in [6, 6.07) is 16.5. The van der Waals surface area contributed by atoms with Crippen LogP contribution in [0.5, 0.6) is 5.75 Å². The molecule has 0 radical (unpaired) electrons. The number of fused-ring (bicyclic) bond motifs is 1. The Labute approximate surface area is 190 Å². The lowest BCUT2D eigenvalue weighted by Crippen LogP contribution is -2.37. The van der Waals surface area contributed by atoms with E-state index in [0.717, 1.165) is 67.3 Å². The summed E-state index contributed by atoms with van der Waals surface area (Å²) in [5, 5.41) is 1.08. The van der Waals surface area contributed by atoms with E-state index in [-0.39, 0.29) is 12.4 Å². The Hall–Kier alpha value is -2.47. The first kappa shape index (κ1) is 23.2. The number of ether oxygens (including phenoxy) is 2. The van der Waals surface area contributed by atoms with E-state index in [1.54, 1.807) is 0 Å². The van der Waals surface area contributed by atoms with Crippen LogP contribution in [0.4, 0.5) is 5.69 Å². The van der Waals surface area contributed by atoms with Crippen LogP contribution in [0.15, 0.2) is 52.9 Å². The van der Waals surface area contributed by atoms with E-state index in [0.29, 0.717) is 6.61 Å². The van der Waals surface area contributed by atoms with Gasteiger partial charge in [-0.3, -0.25) is 4.90 Å². The molecule has 1 aromatic heterocycles. The molecule has 31 heavy (non-hydrogen) atoms. The number of rotatable bonds is 8. The minimum atomic E-state index is 0. The van der Waals surface area contributed by atoms with Crippen LogP contribution < -0.4 is 9.64 Å². The van der Waals surface area contributed by atoms with Crippen molar-refractivity contribution in [1.29, 1.82) is 0 Å². The van der Waals surface area contributed by atoms with E-state index < -0.39 is 0 Å². The molecule has 0 atom stereocenters. The molecule has 1 fully saturated rings. The van der Waals surface area contributed by atoms with Crippen LogP contribution in [0.1, 0.15) is 17.7 Å². The van der Waals surface area contributed by atoms with Crippen molar-refractivity contribution >= 4 is 41.2 Å². The zero-order chi connectivity index (χ0) is 20.8. The maximum atomic E-state index is 6.00. The standard InChI is InChI=1S/C25H30N2O3.ClH/c1-26(2)22-8-4-20(5-9-22)6-10-24-18-21-7-11-23(19-25(21)30-24)29-15-3-12-27-13-16-28-17-14-27;/h4-11,18-19H,3,12-17H2,1-2H3;1H/b10-6+;. The third-order valence-electron chi connectivity index (χ3n) is 5.35. The van der Waals surface area contributed by atoms with Crippen LogP contribution in [0.2, 0.25) is 0 Å². The van der Waals surface area contributed by atoms with Gasteiger partial charge in [-0.25, -0.2) is 0 Å². The summed E-state index contributed by atoms with van der Waals surface area (Å²) in [4.78, 5) is 4.52. The van der Waals surface area contributed by atoms with Gasteiger partial charge in [-0.05, 0) is 48.4 Å². The van der Waals surface area contributed by atoms with Gasteiger partial charge in [0.05, 0.1) is 19.8 Å². The quantitative estimate of drug-likeness (QED) is 0.449. The monoisotopic (exact) mass is 442 g/mol. The smallest absolute Gasteiger partial charge is 0.138 e. The summed E-state index contributed by atoms with van der Waals surface area (Å²) in [7, 11) is 4.09. The first-order valence-electron chi connectivity index (χ1n) is 10.6. The summed E-state index contributed by atoms with van der Waals surface area (Å²) < 4.78 is 17.3. The average Bonchev–Trinajstić information content (AvgIpc) is 3.18. The highest BCUT2D eigenvalue weighted by Crippen LogP contribution is 2.26. The largest absolute Gasteiger partial charge is 0.493 e. The molecule has 0 bridgehead atoms. The van der Waals surface area contributed by atoms with Crippen LogP contribution in [-0.4, -0.2) is 58.5 Å². The van der Waals surface area contributed by atoms with Gasteiger partial charge < -0.3 is 18.8 Å². The summed E-state index contributed by atoms with van der Waals surface area (Å²) in [6.07, 6.45) is 5.09. The van der Waals surface area contributed by atoms with Gasteiger partial charge in [0.15, 0.2) is 0 Å². The molecule has 2 heterocycles. The first-order chi connectivity index (χ1) is 14.7. The van der Waals surface area contributed by atoms with E-state index in [2.05, 4.69) is 52.3 Å². The van der Waals surface area contributed by atoms with Gasteiger partial charge in [0, 0.05) is 50.9 Å². The summed E-state index contributed by atoms with van der Waals surface area (Å²) in [6.45, 7) is 5.49. The second kappa shape index (κ2) is 11.2. The van der Waals surface area contributed by atoms with Crippen LogP contribution >= 0.6 is 12.4 Å². The molecule has 5 nitrogen and oxygen atoms in total. The van der Waals surface area contributed by atoms with Gasteiger partial charge in [-0.2, -0.15) is 0 Å². The molecule has 0 unspecified atom stereocenters. The number of morpholine rings is 1. The fraction of sp³-hybridized carbons (Fsp3) is 0.360. The summed E-state index contributed by atoms with van der Waals surface area (Å²) in [5.74, 6) is 1.69. The van der Waals surface area contributed by atoms with Gasteiger partial charge in [-0.15, -0.1) is 12.4 Å². The molecule has 4 rings (SSSR count). The highest BCUT2D eigenvalue weighted by atomic mass is 35.5. The minimum absolute atomic E-state index is 0. The second-order valence-corrected chi connectivity index (χ2v) is 7.82. The van der Waals surface area contributed by atoms with Crippen molar-refractivity contribution in [2.45, 2.75) is 6.42 Å². The molecular weight excluding hydrogens is 412 g/mol. The molecule has 0 N–H and O–H groups in total. The molecule has 1 aliphatic heterocycles. The maximum absolute atomic E-state index is 6.00. The molecule has 0 saturated carbocycles. The van der Waals surface area contributed by atoms with Crippen LogP contribution in [0.3, 0.4) is 0 Å². The molecule has 3 aromatic rings. The van der Waals surface area contributed by atoms with Crippen molar-refractivity contribution in [2.24, 2.45) is 0 Å². The van der Waals surface area contributed by atoms with Crippen molar-refractivity contribution in [3.8, 4) is 5.75 Å². The maximum Gasteiger partial charge on any atom is 0.138 e. The molecular formula is C25H31ClN2O3. The minimum Gasteiger partial charge on any atom is -0.493 e. The average molecular weight is 443 g/mol. The summed E-state index contributed by atoms with van der Waals surface area (Å²) >= 11 is 0. The van der Waals surface area contributed by atoms with Crippen molar-refractivity contribution in [3.63, 3.8) is 0 Å². The van der Waals surface area contributed by atoms with E-state index in [9.17, 15) is 0 Å². The SMILES string of the molecule is CN(C)c1ccc(/C=C/c2cc3ccc(OCCCN4CCOCC4)cc3o2)cc1.Cl. The zero-order valence-corrected chi connectivity index (χ0v) is 19.1. The third-order valence-corrected chi connectivity index (χ3v) is 5.35. The Kier molecular flexibility index (Phi) is 8.41. The highest BCUT2D eigenvalue weighted by Gasteiger charge is 2.09. The summed E-state index contributed by atoms with van der Waals surface area (Å²) in [5.41, 5.74) is 3.18. The number of anilines is 1. The number of hydrogen-bond acceptors (Lipinski definition) is 5. The van der Waals surface area contributed by atoms with Crippen LogP contribution in [0, 0.1) is 0 Å². The van der Waals surface area contributed by atoms with E-state index >= 15 is 0 Å². The Morgan fingerprint density at radius 1 is 1.00 bits per heavy atom. The van der Waals surface area contributed by atoms with Crippen LogP contribution in [0.25, 0.3) is 23.1 Å². The Morgan fingerprint density at radius 3 is 2.52 bits per heavy atom. The molecule has 1 saturated heterocycles. The van der Waals surface area contributed by atoms with Crippen molar-refractivity contribution in [2.75, 3.05) is 58.5 Å². The normalized spacial score (nSPS) is 14.6. The van der Waals surface area contributed by atoms with Crippen molar-refractivity contribution in [1.82, 2.24) is 4.90 Å². The number of benzene rings is 2. The van der Waals surface area contributed by atoms with Gasteiger partial charge >= 0.3 is 0 Å². The zero-order valence-electron chi connectivity index (χ0n) is 18.3. The lowest BCUT2D eigenvalue weighted by Gasteiger charge is -2.26. The lowest BCUT2D eigenvalue weighted by molar-refractivity contribution is 0.0358. The van der Waals surface area contributed by atoms with Crippen molar-refractivity contribution in [3.05, 3.63) is 59.9 Å². The van der Waals surface area contributed by atoms with E-state index in [4.69, 9.17) is 13.9 Å². The number of furan rings is 1. The number of nitrogens with zero attached hydrogens (tertiary/aromatic N) is 2. The van der Waals surface area contributed by atoms with Crippen LogP contribution in [-0.2, 0) is 4.74 Å².